The summed E-state index contributed by atoms with van der Waals surface area (Å²) in [7, 11) is 0. The first-order valence-corrected chi connectivity index (χ1v) is 7.39. The van der Waals surface area contributed by atoms with E-state index >= 15 is 0 Å². The summed E-state index contributed by atoms with van der Waals surface area (Å²) in [4.78, 5) is 2.18. The predicted molar refractivity (Wildman–Crippen MR) is 86.0 cm³/mol. The van der Waals surface area contributed by atoms with Crippen molar-refractivity contribution in [2.75, 3.05) is 18.0 Å². The predicted octanol–water partition coefficient (Wildman–Crippen LogP) is 3.80. The van der Waals surface area contributed by atoms with Crippen molar-refractivity contribution in [3.8, 4) is 6.07 Å². The number of nitrogens with two attached hydrogens (primary N) is 1. The van der Waals surface area contributed by atoms with Crippen LogP contribution in [0, 0.1) is 11.3 Å². The van der Waals surface area contributed by atoms with Crippen LogP contribution < -0.4 is 10.6 Å². The van der Waals surface area contributed by atoms with Crippen LogP contribution in [0.5, 0.6) is 0 Å². The van der Waals surface area contributed by atoms with Gasteiger partial charge in [0, 0.05) is 18.2 Å². The van der Waals surface area contributed by atoms with Gasteiger partial charge in [-0.3, -0.25) is 0 Å². The van der Waals surface area contributed by atoms with Gasteiger partial charge >= 0.3 is 0 Å². The van der Waals surface area contributed by atoms with Crippen LogP contribution in [-0.2, 0) is 0 Å². The molecule has 0 fully saturated rings. The van der Waals surface area contributed by atoms with Gasteiger partial charge in [-0.15, -0.1) is 0 Å². The summed E-state index contributed by atoms with van der Waals surface area (Å²) in [6.07, 6.45) is 0.940. The molecule has 1 heterocycles. The van der Waals surface area contributed by atoms with Crippen LogP contribution >= 0.6 is 11.6 Å². The van der Waals surface area contributed by atoms with Gasteiger partial charge in [0.05, 0.1) is 16.3 Å². The molecule has 1 aliphatic heterocycles. The molecule has 0 saturated heterocycles. The minimum Gasteiger partial charge on any atom is -0.340 e. The summed E-state index contributed by atoms with van der Waals surface area (Å²) in [6, 6.07) is 16.1. The Morgan fingerprint density at radius 1 is 1.19 bits per heavy atom. The standard InChI is InChI=1S/C17H16ClN3/c18-15-5-3-7-17(14(15)10-20)21-11-12(8-9-19)13-4-1-2-6-16(13)21/h1-7,12H,8-9,11,19H2. The average Bonchev–Trinajstić information content (AvgIpc) is 2.86. The molecular weight excluding hydrogens is 282 g/mol. The fourth-order valence-electron chi connectivity index (χ4n) is 3.02. The van der Waals surface area contributed by atoms with Gasteiger partial charge < -0.3 is 10.6 Å². The zero-order chi connectivity index (χ0) is 14.8. The average molecular weight is 298 g/mol. The van der Waals surface area contributed by atoms with Gasteiger partial charge in [-0.1, -0.05) is 35.9 Å². The molecule has 21 heavy (non-hydrogen) atoms. The molecule has 0 saturated carbocycles. The molecule has 0 amide bonds. The summed E-state index contributed by atoms with van der Waals surface area (Å²) >= 11 is 6.16. The van der Waals surface area contributed by atoms with E-state index in [9.17, 15) is 5.26 Å². The summed E-state index contributed by atoms with van der Waals surface area (Å²) < 4.78 is 0. The Labute approximate surface area is 129 Å². The van der Waals surface area contributed by atoms with Gasteiger partial charge in [0.15, 0.2) is 0 Å². The summed E-state index contributed by atoms with van der Waals surface area (Å²) in [5.41, 5.74) is 9.59. The molecule has 1 atom stereocenters. The maximum atomic E-state index is 9.40. The molecule has 0 bridgehead atoms. The number of fused-ring (bicyclic) bond motifs is 1. The van der Waals surface area contributed by atoms with Crippen molar-refractivity contribution in [2.45, 2.75) is 12.3 Å². The molecule has 0 aliphatic carbocycles. The fraction of sp³-hybridized carbons (Fsp3) is 0.235. The number of anilines is 2. The quantitative estimate of drug-likeness (QED) is 0.937. The third-order valence-corrected chi connectivity index (χ3v) is 4.29. The monoisotopic (exact) mass is 297 g/mol. The Morgan fingerprint density at radius 3 is 2.71 bits per heavy atom. The van der Waals surface area contributed by atoms with Crippen LogP contribution in [0.3, 0.4) is 0 Å². The van der Waals surface area contributed by atoms with Crippen LogP contribution in [0.4, 0.5) is 11.4 Å². The van der Waals surface area contributed by atoms with Crippen LogP contribution in [0.2, 0.25) is 5.02 Å². The van der Waals surface area contributed by atoms with Crippen molar-refractivity contribution in [3.63, 3.8) is 0 Å². The van der Waals surface area contributed by atoms with Crippen molar-refractivity contribution in [2.24, 2.45) is 5.73 Å². The number of hydrogen-bond donors (Lipinski definition) is 1. The SMILES string of the molecule is N#Cc1c(Cl)cccc1N1CC(CCN)c2ccccc21. The Balaban J connectivity index is 2.09. The van der Waals surface area contributed by atoms with E-state index < -0.39 is 0 Å². The minimum absolute atomic E-state index is 0.400. The second-order valence-corrected chi connectivity index (χ2v) is 5.60. The Morgan fingerprint density at radius 2 is 1.95 bits per heavy atom. The molecule has 4 heteroatoms. The zero-order valence-corrected chi connectivity index (χ0v) is 12.3. The number of rotatable bonds is 3. The number of hydrogen-bond acceptors (Lipinski definition) is 3. The summed E-state index contributed by atoms with van der Waals surface area (Å²) in [5, 5.41) is 9.89. The van der Waals surface area contributed by atoms with Crippen LogP contribution in [0.15, 0.2) is 42.5 Å². The first kappa shape index (κ1) is 13.9. The molecule has 106 valence electrons. The smallest absolute Gasteiger partial charge is 0.103 e. The van der Waals surface area contributed by atoms with E-state index in [4.69, 9.17) is 17.3 Å². The molecule has 1 unspecified atom stereocenters. The van der Waals surface area contributed by atoms with Crippen molar-refractivity contribution >= 4 is 23.0 Å². The first-order valence-electron chi connectivity index (χ1n) is 7.01. The van der Waals surface area contributed by atoms with Gasteiger partial charge in [-0.05, 0) is 36.7 Å². The van der Waals surface area contributed by atoms with E-state index in [0.717, 1.165) is 24.3 Å². The number of nitriles is 1. The van der Waals surface area contributed by atoms with E-state index in [2.05, 4.69) is 29.2 Å². The third kappa shape index (κ3) is 2.37. The number of para-hydroxylation sites is 1. The summed E-state index contributed by atoms with van der Waals surface area (Å²) in [5.74, 6) is 0.400. The maximum Gasteiger partial charge on any atom is 0.103 e. The zero-order valence-electron chi connectivity index (χ0n) is 11.6. The van der Waals surface area contributed by atoms with E-state index in [1.54, 1.807) is 6.07 Å². The first-order chi connectivity index (χ1) is 10.3. The minimum atomic E-state index is 0.400. The van der Waals surface area contributed by atoms with Crippen molar-refractivity contribution < 1.29 is 0 Å². The van der Waals surface area contributed by atoms with Gasteiger partial charge in [0.2, 0.25) is 0 Å². The van der Waals surface area contributed by atoms with Crippen molar-refractivity contribution in [3.05, 3.63) is 58.6 Å². The van der Waals surface area contributed by atoms with E-state index in [-0.39, 0.29) is 0 Å². The van der Waals surface area contributed by atoms with Crippen LogP contribution in [-0.4, -0.2) is 13.1 Å². The second kappa shape index (κ2) is 5.77. The van der Waals surface area contributed by atoms with Gasteiger partial charge in [-0.25, -0.2) is 0 Å². The summed E-state index contributed by atoms with van der Waals surface area (Å²) in [6.45, 7) is 1.50. The van der Waals surface area contributed by atoms with Crippen LogP contribution in [0.1, 0.15) is 23.5 Å². The lowest BCUT2D eigenvalue weighted by molar-refractivity contribution is 0.668. The topological polar surface area (TPSA) is 53.0 Å². The number of nitrogens with zero attached hydrogens (tertiary/aromatic N) is 2. The third-order valence-electron chi connectivity index (χ3n) is 3.98. The number of halogens is 1. The highest BCUT2D eigenvalue weighted by Gasteiger charge is 2.30. The normalized spacial score (nSPS) is 16.6. The molecule has 2 aromatic carbocycles. The molecule has 3 rings (SSSR count). The molecule has 0 spiro atoms. The Bertz CT molecular complexity index is 705. The molecule has 0 aromatic heterocycles. The largest absolute Gasteiger partial charge is 0.340 e. The van der Waals surface area contributed by atoms with Crippen LogP contribution in [0.25, 0.3) is 0 Å². The highest BCUT2D eigenvalue weighted by molar-refractivity contribution is 6.32. The maximum absolute atomic E-state index is 9.40. The highest BCUT2D eigenvalue weighted by Crippen LogP contribution is 2.43. The number of benzene rings is 2. The molecule has 3 nitrogen and oxygen atoms in total. The van der Waals surface area contributed by atoms with Gasteiger partial charge in [0.25, 0.3) is 0 Å². The highest BCUT2D eigenvalue weighted by atomic mass is 35.5. The molecular formula is C17H16ClN3. The Kier molecular flexibility index (Phi) is 3.83. The molecule has 2 aromatic rings. The lowest BCUT2D eigenvalue weighted by atomic mass is 9.98. The lowest BCUT2D eigenvalue weighted by Gasteiger charge is -2.21. The van der Waals surface area contributed by atoms with Crippen molar-refractivity contribution in [1.82, 2.24) is 0 Å². The Hall–Kier alpha value is -2.02. The molecule has 2 N–H and O–H groups in total. The van der Waals surface area contributed by atoms with E-state index in [1.807, 2.05) is 18.2 Å². The van der Waals surface area contributed by atoms with E-state index in [1.165, 1.54) is 5.56 Å². The second-order valence-electron chi connectivity index (χ2n) is 5.19. The van der Waals surface area contributed by atoms with Gasteiger partial charge in [0.1, 0.15) is 6.07 Å². The van der Waals surface area contributed by atoms with Gasteiger partial charge in [-0.2, -0.15) is 5.26 Å². The van der Waals surface area contributed by atoms with E-state index in [0.29, 0.717) is 23.0 Å². The molecule has 0 radical (unpaired) electrons. The fourth-order valence-corrected chi connectivity index (χ4v) is 3.23. The molecule has 1 aliphatic rings. The lowest BCUT2D eigenvalue weighted by Crippen LogP contribution is -2.18. The van der Waals surface area contributed by atoms with Crippen molar-refractivity contribution in [1.29, 1.82) is 5.26 Å².